The van der Waals surface area contributed by atoms with E-state index in [1.165, 1.54) is 6.21 Å². The summed E-state index contributed by atoms with van der Waals surface area (Å²) in [6.45, 7) is 2.01. The van der Waals surface area contributed by atoms with Gasteiger partial charge in [-0.1, -0.05) is 5.59 Å². The zero-order chi connectivity index (χ0) is 11.1. The van der Waals surface area contributed by atoms with Crippen molar-refractivity contribution in [3.8, 4) is 0 Å². The minimum Gasteiger partial charge on any atom is -0.397 e. The number of nitrogens with two attached hydrogens (primary N) is 1. The molecule has 14 heavy (non-hydrogen) atoms. The minimum absolute atomic E-state index is 0.711. The van der Waals surface area contributed by atoms with Gasteiger partial charge in [0.15, 0.2) is 0 Å². The average Bonchev–Trinajstić information content (AvgIpc) is 2.23. The van der Waals surface area contributed by atoms with Gasteiger partial charge in [0.2, 0.25) is 0 Å². The molecule has 4 N–H and O–H groups in total. The standard InChI is InChI=1S/C9H12N2S.HNO/c1-6-3-7(5-10)9(11)8(4-6)12-2;1-2/h3-5,10H,11H2,1-2H3;1H. The molecule has 1 aromatic rings. The first-order valence-electron chi connectivity index (χ1n) is 3.84. The number of nitrogens with one attached hydrogen (secondary N) is 2. The highest BCUT2D eigenvalue weighted by atomic mass is 32.2. The Morgan fingerprint density at radius 3 is 2.43 bits per heavy atom. The molecular weight excluding hydrogens is 198 g/mol. The lowest BCUT2D eigenvalue weighted by Crippen LogP contribution is -1.96. The molecule has 0 bridgehead atoms. The van der Waals surface area contributed by atoms with E-state index < -0.39 is 0 Å². The second-order valence-electron chi connectivity index (χ2n) is 2.61. The van der Waals surface area contributed by atoms with Crippen molar-refractivity contribution in [2.75, 3.05) is 12.0 Å². The van der Waals surface area contributed by atoms with Gasteiger partial charge in [-0.25, -0.2) is 0 Å². The number of aryl methyl sites for hydroxylation is 1. The summed E-state index contributed by atoms with van der Waals surface area (Å²) in [5, 5.41) is 7.14. The zero-order valence-electron chi connectivity index (χ0n) is 8.13. The number of benzene rings is 1. The van der Waals surface area contributed by atoms with Crippen LogP contribution < -0.4 is 5.73 Å². The summed E-state index contributed by atoms with van der Waals surface area (Å²) in [5.41, 5.74) is 13.0. The van der Waals surface area contributed by atoms with Gasteiger partial charge in [-0.05, 0) is 30.9 Å². The lowest BCUT2D eigenvalue weighted by molar-refractivity contribution is 1.35. The molecule has 1 aromatic carbocycles. The minimum atomic E-state index is 0.711. The molecule has 5 heteroatoms. The average molecular weight is 211 g/mol. The van der Waals surface area contributed by atoms with Crippen LogP contribution in [0.1, 0.15) is 11.1 Å². The van der Waals surface area contributed by atoms with E-state index in [2.05, 4.69) is 5.59 Å². The maximum Gasteiger partial charge on any atom is 0.0541 e. The van der Waals surface area contributed by atoms with Gasteiger partial charge in [0, 0.05) is 16.7 Å². The number of anilines is 1. The number of hydrogen-bond donors (Lipinski definition) is 3. The van der Waals surface area contributed by atoms with E-state index in [4.69, 9.17) is 16.1 Å². The van der Waals surface area contributed by atoms with Gasteiger partial charge in [-0.2, -0.15) is 4.91 Å². The number of thioether (sulfide) groups is 1. The summed E-state index contributed by atoms with van der Waals surface area (Å²) in [6.07, 6.45) is 3.28. The number of nitroso groups, excluding NO2 is 1. The first kappa shape index (κ1) is 12.6. The van der Waals surface area contributed by atoms with Crippen LogP contribution in [0.5, 0.6) is 0 Å². The Morgan fingerprint density at radius 2 is 2.00 bits per heavy atom. The predicted molar refractivity (Wildman–Crippen MR) is 61.3 cm³/mol. The zero-order valence-corrected chi connectivity index (χ0v) is 8.94. The molecule has 0 aliphatic rings. The van der Waals surface area contributed by atoms with E-state index in [9.17, 15) is 0 Å². The maximum absolute atomic E-state index is 7.50. The molecule has 4 nitrogen and oxygen atoms in total. The molecule has 0 atom stereocenters. The van der Waals surface area contributed by atoms with Crippen LogP contribution in [0.2, 0.25) is 0 Å². The Kier molecular flexibility index (Phi) is 5.55. The van der Waals surface area contributed by atoms with E-state index in [1.54, 1.807) is 11.8 Å². The molecular formula is C9H13N3OS. The third kappa shape index (κ3) is 2.85. The first-order chi connectivity index (χ1) is 6.69. The van der Waals surface area contributed by atoms with E-state index in [0.717, 1.165) is 16.0 Å². The second kappa shape index (κ2) is 6.15. The van der Waals surface area contributed by atoms with Crippen molar-refractivity contribution >= 4 is 23.7 Å². The Labute approximate surface area is 87.2 Å². The van der Waals surface area contributed by atoms with Crippen molar-refractivity contribution < 1.29 is 0 Å². The van der Waals surface area contributed by atoms with Crippen LogP contribution in [-0.4, -0.2) is 12.5 Å². The fourth-order valence-corrected chi connectivity index (χ4v) is 1.72. The van der Waals surface area contributed by atoms with Gasteiger partial charge in [-0.15, -0.1) is 11.8 Å². The smallest absolute Gasteiger partial charge is 0.0541 e. The molecule has 0 amide bonds. The van der Waals surface area contributed by atoms with E-state index in [-0.39, 0.29) is 0 Å². The lowest BCUT2D eigenvalue weighted by Gasteiger charge is -2.06. The van der Waals surface area contributed by atoms with Crippen molar-refractivity contribution in [2.24, 2.45) is 0 Å². The highest BCUT2D eigenvalue weighted by molar-refractivity contribution is 7.98. The van der Waals surface area contributed by atoms with Gasteiger partial charge in [-0.3, -0.25) is 0 Å². The number of nitrogen functional groups attached to an aromatic ring is 1. The number of hydrogen-bond acceptors (Lipinski definition) is 5. The van der Waals surface area contributed by atoms with Gasteiger partial charge in [0.25, 0.3) is 0 Å². The molecule has 0 radical (unpaired) electrons. The molecule has 0 saturated heterocycles. The Balaban J connectivity index is 0.000000791. The van der Waals surface area contributed by atoms with Crippen LogP contribution in [0.25, 0.3) is 0 Å². The molecule has 76 valence electrons. The molecule has 0 unspecified atom stereocenters. The van der Waals surface area contributed by atoms with Crippen LogP contribution in [0.3, 0.4) is 0 Å². The summed E-state index contributed by atoms with van der Waals surface area (Å²) in [7, 11) is 0. The van der Waals surface area contributed by atoms with Crippen molar-refractivity contribution in [1.82, 2.24) is 0 Å². The summed E-state index contributed by atoms with van der Waals surface area (Å²) >= 11 is 1.61. The Morgan fingerprint density at radius 1 is 1.43 bits per heavy atom. The summed E-state index contributed by atoms with van der Waals surface area (Å²) in [6, 6.07) is 3.95. The van der Waals surface area contributed by atoms with Crippen LogP contribution in [0, 0.1) is 22.8 Å². The highest BCUT2D eigenvalue weighted by Crippen LogP contribution is 2.26. The molecule has 0 heterocycles. The van der Waals surface area contributed by atoms with Crippen LogP contribution in [0.4, 0.5) is 5.69 Å². The van der Waals surface area contributed by atoms with Gasteiger partial charge >= 0.3 is 0 Å². The first-order valence-corrected chi connectivity index (χ1v) is 5.06. The van der Waals surface area contributed by atoms with Gasteiger partial charge < -0.3 is 11.1 Å². The van der Waals surface area contributed by atoms with Crippen LogP contribution in [0.15, 0.2) is 17.0 Å². The number of rotatable bonds is 2. The van der Waals surface area contributed by atoms with Crippen molar-refractivity contribution in [3.63, 3.8) is 0 Å². The topological polar surface area (TPSA) is 90.8 Å². The Hall–Kier alpha value is -1.36. The largest absolute Gasteiger partial charge is 0.397 e. The summed E-state index contributed by atoms with van der Waals surface area (Å²) in [5.74, 6) is 0. The quantitative estimate of drug-likeness (QED) is 0.304. The maximum atomic E-state index is 7.50. The van der Waals surface area contributed by atoms with E-state index in [1.807, 2.05) is 25.3 Å². The molecule has 0 spiro atoms. The third-order valence-electron chi connectivity index (χ3n) is 1.69. The van der Waals surface area contributed by atoms with Crippen LogP contribution >= 0.6 is 11.8 Å². The summed E-state index contributed by atoms with van der Waals surface area (Å²) in [4.78, 5) is 8.55. The molecule has 0 saturated carbocycles. The molecule has 1 rings (SSSR count). The SMILES string of the molecule is CSc1cc(C)cc(C=N)c1N.N=O. The fourth-order valence-electron chi connectivity index (χ4n) is 1.08. The summed E-state index contributed by atoms with van der Waals surface area (Å²) < 4.78 is 0. The highest BCUT2D eigenvalue weighted by Gasteiger charge is 2.02. The van der Waals surface area contributed by atoms with E-state index in [0.29, 0.717) is 5.69 Å². The van der Waals surface area contributed by atoms with Crippen molar-refractivity contribution in [1.29, 1.82) is 11.0 Å². The molecule has 0 aromatic heterocycles. The molecule has 0 fully saturated rings. The normalized spacial score (nSPS) is 8.71. The molecule has 0 aliphatic heterocycles. The fraction of sp³-hybridized carbons (Fsp3) is 0.222. The lowest BCUT2D eigenvalue weighted by atomic mass is 10.1. The van der Waals surface area contributed by atoms with Gasteiger partial charge in [0.1, 0.15) is 0 Å². The van der Waals surface area contributed by atoms with Gasteiger partial charge in [0.05, 0.1) is 5.69 Å². The van der Waals surface area contributed by atoms with Crippen molar-refractivity contribution in [3.05, 3.63) is 28.2 Å². The Bertz CT molecular complexity index is 328. The van der Waals surface area contributed by atoms with Crippen molar-refractivity contribution in [2.45, 2.75) is 11.8 Å². The van der Waals surface area contributed by atoms with E-state index >= 15 is 0 Å². The third-order valence-corrected chi connectivity index (χ3v) is 2.47. The monoisotopic (exact) mass is 211 g/mol. The van der Waals surface area contributed by atoms with Crippen LogP contribution in [-0.2, 0) is 0 Å². The predicted octanol–water partition coefficient (Wildman–Crippen LogP) is 2.63. The molecule has 0 aliphatic carbocycles. The second-order valence-corrected chi connectivity index (χ2v) is 3.46.